The summed E-state index contributed by atoms with van der Waals surface area (Å²) in [4.78, 5) is 37.3. The highest BCUT2D eigenvalue weighted by Crippen LogP contribution is 2.25. The number of alkyl halides is 3. The molecule has 3 rings (SSSR count). The maximum absolute atomic E-state index is 13.2. The number of nitrogens with one attached hydrogen (secondary N) is 2. The number of benzene rings is 3. The van der Waals surface area contributed by atoms with Crippen LogP contribution in [0.5, 0.6) is 0 Å². The van der Waals surface area contributed by atoms with Gasteiger partial charge in [0.25, 0.3) is 11.7 Å². The number of carbonyl (C=O) groups excluding carboxylic acids is 3. The summed E-state index contributed by atoms with van der Waals surface area (Å²) in [6, 6.07) is 19.8. The van der Waals surface area contributed by atoms with E-state index in [-0.39, 0.29) is 11.3 Å². The molecule has 0 aliphatic heterocycles. The predicted molar refractivity (Wildman–Crippen MR) is 129 cm³/mol. The molecule has 9 heteroatoms. The summed E-state index contributed by atoms with van der Waals surface area (Å²) in [5.74, 6) is -3.53. The molecular formula is C27H23F3N2O4. The summed E-state index contributed by atoms with van der Waals surface area (Å²) < 4.78 is 42.8. The molecule has 0 bridgehead atoms. The molecular weight excluding hydrogens is 473 g/mol. The van der Waals surface area contributed by atoms with Crippen molar-refractivity contribution in [2.75, 3.05) is 10.6 Å². The summed E-state index contributed by atoms with van der Waals surface area (Å²) in [6.45, 7) is 3.77. The largest absolute Gasteiger partial charge is 0.454 e. The van der Waals surface area contributed by atoms with Crippen molar-refractivity contribution in [3.63, 3.8) is 0 Å². The maximum Gasteiger partial charge on any atom is 0.454 e. The van der Waals surface area contributed by atoms with Gasteiger partial charge < -0.3 is 15.4 Å². The average molecular weight is 496 g/mol. The highest BCUT2D eigenvalue weighted by atomic mass is 19.4. The Morgan fingerprint density at radius 3 is 2.14 bits per heavy atom. The number of ether oxygens (including phenoxy) is 1. The molecule has 1 atom stereocenters. The minimum Gasteiger partial charge on any atom is -0.444 e. The molecule has 0 saturated heterocycles. The van der Waals surface area contributed by atoms with Gasteiger partial charge in [0.1, 0.15) is 0 Å². The number of halogens is 3. The Bertz CT molecular complexity index is 1270. The van der Waals surface area contributed by atoms with Gasteiger partial charge in [-0.2, -0.15) is 13.2 Å². The van der Waals surface area contributed by atoms with Gasteiger partial charge in [-0.3, -0.25) is 9.59 Å². The van der Waals surface area contributed by atoms with Crippen molar-refractivity contribution in [2.24, 2.45) is 0 Å². The zero-order valence-corrected chi connectivity index (χ0v) is 19.4. The zero-order chi connectivity index (χ0) is 26.3. The number of allylic oxidation sites excluding steroid dienone is 1. The Hall–Kier alpha value is -4.40. The molecule has 36 heavy (non-hydrogen) atoms. The van der Waals surface area contributed by atoms with E-state index in [0.29, 0.717) is 17.3 Å². The molecule has 0 fully saturated rings. The molecule has 186 valence electrons. The lowest BCUT2D eigenvalue weighted by Crippen LogP contribution is -2.26. The second-order valence-electron chi connectivity index (χ2n) is 7.95. The number of hydrogen-bond acceptors (Lipinski definition) is 5. The molecule has 3 aromatic rings. The van der Waals surface area contributed by atoms with Crippen molar-refractivity contribution in [3.8, 4) is 0 Å². The van der Waals surface area contributed by atoms with Gasteiger partial charge in [-0.15, -0.1) is 0 Å². The van der Waals surface area contributed by atoms with Crippen LogP contribution in [0.25, 0.3) is 0 Å². The maximum atomic E-state index is 13.2. The highest BCUT2D eigenvalue weighted by Gasteiger charge is 2.36. The summed E-state index contributed by atoms with van der Waals surface area (Å²) in [7, 11) is 0. The Morgan fingerprint density at radius 2 is 1.50 bits per heavy atom. The number of esters is 1. The van der Waals surface area contributed by atoms with E-state index in [1.807, 2.05) is 19.9 Å². The molecule has 3 aromatic carbocycles. The molecule has 1 unspecified atom stereocenters. The van der Waals surface area contributed by atoms with E-state index in [2.05, 4.69) is 10.6 Å². The van der Waals surface area contributed by atoms with Gasteiger partial charge >= 0.3 is 12.1 Å². The SMILES string of the molecule is Cc1cc(C)cc(NC(=O)C(OC(=O)c2ccccc2N/C=C/C(=O)C(F)(F)F)c2ccccc2)c1. The molecule has 2 N–H and O–H groups in total. The van der Waals surface area contributed by atoms with Crippen LogP contribution in [0, 0.1) is 13.8 Å². The van der Waals surface area contributed by atoms with Crippen molar-refractivity contribution < 1.29 is 32.3 Å². The highest BCUT2D eigenvalue weighted by molar-refractivity contribution is 6.00. The van der Waals surface area contributed by atoms with E-state index in [1.54, 1.807) is 48.5 Å². The van der Waals surface area contributed by atoms with Gasteiger partial charge in [0.05, 0.1) is 11.3 Å². The van der Waals surface area contributed by atoms with Crippen LogP contribution in [-0.2, 0) is 14.3 Å². The van der Waals surface area contributed by atoms with Gasteiger partial charge in [-0.25, -0.2) is 4.79 Å². The summed E-state index contributed by atoms with van der Waals surface area (Å²) in [5, 5.41) is 5.26. The van der Waals surface area contributed by atoms with Crippen molar-refractivity contribution >= 4 is 29.0 Å². The van der Waals surface area contributed by atoms with Gasteiger partial charge in [0.15, 0.2) is 0 Å². The number of amides is 1. The Morgan fingerprint density at radius 1 is 0.889 bits per heavy atom. The second-order valence-corrected chi connectivity index (χ2v) is 7.95. The fourth-order valence-corrected chi connectivity index (χ4v) is 3.41. The van der Waals surface area contributed by atoms with E-state index < -0.39 is 29.9 Å². The van der Waals surface area contributed by atoms with Crippen molar-refractivity contribution in [1.82, 2.24) is 0 Å². The first-order valence-corrected chi connectivity index (χ1v) is 10.8. The molecule has 0 aliphatic carbocycles. The van der Waals surface area contributed by atoms with E-state index in [0.717, 1.165) is 17.3 Å². The van der Waals surface area contributed by atoms with Crippen LogP contribution in [0.15, 0.2) is 85.1 Å². The van der Waals surface area contributed by atoms with Crippen LogP contribution >= 0.6 is 0 Å². The lowest BCUT2D eigenvalue weighted by atomic mass is 10.1. The van der Waals surface area contributed by atoms with Crippen LogP contribution in [0.3, 0.4) is 0 Å². The molecule has 1 amide bonds. The fourth-order valence-electron chi connectivity index (χ4n) is 3.41. The van der Waals surface area contributed by atoms with Crippen LogP contribution in [-0.4, -0.2) is 23.8 Å². The number of aryl methyl sites for hydroxylation is 2. The first-order chi connectivity index (χ1) is 17.0. The number of hydrogen-bond donors (Lipinski definition) is 2. The van der Waals surface area contributed by atoms with E-state index in [4.69, 9.17) is 4.74 Å². The molecule has 0 radical (unpaired) electrons. The minimum absolute atomic E-state index is 0.0401. The Kier molecular flexibility index (Phi) is 8.26. The smallest absolute Gasteiger partial charge is 0.444 e. The molecule has 0 spiro atoms. The number of carbonyl (C=O) groups is 3. The average Bonchev–Trinajstić information content (AvgIpc) is 2.81. The first-order valence-electron chi connectivity index (χ1n) is 10.8. The third-order valence-electron chi connectivity index (χ3n) is 4.95. The lowest BCUT2D eigenvalue weighted by molar-refractivity contribution is -0.165. The molecule has 0 aromatic heterocycles. The molecule has 6 nitrogen and oxygen atoms in total. The van der Waals surface area contributed by atoms with Crippen LogP contribution < -0.4 is 10.6 Å². The predicted octanol–water partition coefficient (Wildman–Crippen LogP) is 5.90. The quantitative estimate of drug-likeness (QED) is 0.300. The van der Waals surface area contributed by atoms with E-state index >= 15 is 0 Å². The first kappa shape index (κ1) is 26.2. The third kappa shape index (κ3) is 7.05. The molecule has 0 saturated carbocycles. The van der Waals surface area contributed by atoms with Crippen LogP contribution in [0.4, 0.5) is 24.5 Å². The van der Waals surface area contributed by atoms with E-state index in [9.17, 15) is 27.6 Å². The van der Waals surface area contributed by atoms with Gasteiger partial charge in [0, 0.05) is 23.5 Å². The molecule has 0 aliphatic rings. The Labute approximate surface area is 205 Å². The van der Waals surface area contributed by atoms with Gasteiger partial charge in [-0.1, -0.05) is 48.5 Å². The fraction of sp³-hybridized carbons (Fsp3) is 0.148. The van der Waals surface area contributed by atoms with Gasteiger partial charge in [-0.05, 0) is 49.2 Å². The second kappa shape index (κ2) is 11.4. The summed E-state index contributed by atoms with van der Waals surface area (Å²) >= 11 is 0. The monoisotopic (exact) mass is 496 g/mol. The third-order valence-corrected chi connectivity index (χ3v) is 4.95. The Balaban J connectivity index is 1.84. The van der Waals surface area contributed by atoms with Crippen LogP contribution in [0.2, 0.25) is 0 Å². The van der Waals surface area contributed by atoms with Crippen molar-refractivity contribution in [3.05, 3.63) is 107 Å². The number of rotatable bonds is 8. The summed E-state index contributed by atoms with van der Waals surface area (Å²) in [5.41, 5.74) is 2.90. The van der Waals surface area contributed by atoms with E-state index in [1.165, 1.54) is 18.2 Å². The minimum atomic E-state index is -5.01. The lowest BCUT2D eigenvalue weighted by Gasteiger charge is -2.19. The molecule has 0 heterocycles. The number of anilines is 2. The van der Waals surface area contributed by atoms with Gasteiger partial charge in [0.2, 0.25) is 6.10 Å². The van der Waals surface area contributed by atoms with Crippen LogP contribution in [0.1, 0.15) is 33.2 Å². The normalized spacial score (nSPS) is 12.1. The number of para-hydroxylation sites is 1. The topological polar surface area (TPSA) is 84.5 Å². The summed E-state index contributed by atoms with van der Waals surface area (Å²) in [6.07, 6.45) is -5.23. The number of ketones is 1. The van der Waals surface area contributed by atoms with Crippen molar-refractivity contribution in [2.45, 2.75) is 26.1 Å². The zero-order valence-electron chi connectivity index (χ0n) is 19.4. The van der Waals surface area contributed by atoms with Crippen molar-refractivity contribution in [1.29, 1.82) is 0 Å². The standard InChI is InChI=1S/C27H23F3N2O4/c1-17-14-18(2)16-20(15-17)32-25(34)24(19-8-4-3-5-9-19)36-26(35)21-10-6-7-11-22(21)31-13-12-23(33)27(28,29)30/h3-16,24,31H,1-2H3,(H,32,34)/b13-12+.